The Bertz CT molecular complexity index is 566. The Morgan fingerprint density at radius 3 is 2.60 bits per heavy atom. The third-order valence-corrected chi connectivity index (χ3v) is 5.52. The molecule has 1 saturated carbocycles. The molecule has 1 fully saturated rings. The van der Waals surface area contributed by atoms with Gasteiger partial charge in [-0.15, -0.1) is 0 Å². The molecular formula is C14H22N2O3S. The van der Waals surface area contributed by atoms with Crippen molar-refractivity contribution >= 4 is 15.7 Å². The molecule has 1 aromatic carbocycles. The van der Waals surface area contributed by atoms with Gasteiger partial charge < -0.3 is 10.5 Å². The van der Waals surface area contributed by atoms with Gasteiger partial charge in [-0.25, -0.2) is 13.1 Å². The molecule has 0 heterocycles. The van der Waals surface area contributed by atoms with E-state index in [0.717, 1.165) is 12.8 Å². The van der Waals surface area contributed by atoms with Gasteiger partial charge in [0, 0.05) is 17.8 Å². The second-order valence-corrected chi connectivity index (χ2v) is 7.05. The number of hydrogen-bond donors (Lipinski definition) is 2. The van der Waals surface area contributed by atoms with Crippen molar-refractivity contribution in [3.8, 4) is 5.75 Å². The summed E-state index contributed by atoms with van der Waals surface area (Å²) >= 11 is 0. The minimum Gasteiger partial charge on any atom is -0.495 e. The van der Waals surface area contributed by atoms with E-state index >= 15 is 0 Å². The Hall–Kier alpha value is -1.27. The third-order valence-electron chi connectivity index (χ3n) is 3.93. The number of benzene rings is 1. The zero-order chi connectivity index (χ0) is 14.8. The van der Waals surface area contributed by atoms with Gasteiger partial charge in [-0.05, 0) is 37.8 Å². The predicted molar refractivity (Wildman–Crippen MR) is 79.1 cm³/mol. The smallest absolute Gasteiger partial charge is 0.244 e. The molecule has 0 radical (unpaired) electrons. The van der Waals surface area contributed by atoms with E-state index < -0.39 is 10.0 Å². The highest BCUT2D eigenvalue weighted by molar-refractivity contribution is 7.89. The summed E-state index contributed by atoms with van der Waals surface area (Å²) < 4.78 is 32.8. The van der Waals surface area contributed by atoms with Crippen LogP contribution in [0, 0.1) is 5.92 Å². The standard InChI is InChI=1S/C14H22N2O3S/c1-10(11-5-3-4-6-11)16-20(17,18)14-8-7-12(15)9-13(14)19-2/h7-11,16H,3-6,15H2,1-2H3. The SMILES string of the molecule is COc1cc(N)ccc1S(=O)(=O)NC(C)C1CCCC1. The van der Waals surface area contributed by atoms with E-state index in [9.17, 15) is 8.42 Å². The first-order valence-electron chi connectivity index (χ1n) is 6.90. The minimum atomic E-state index is -3.59. The van der Waals surface area contributed by atoms with Crippen LogP contribution in [0.25, 0.3) is 0 Å². The lowest BCUT2D eigenvalue weighted by molar-refractivity contribution is 0.399. The molecule has 112 valence electrons. The summed E-state index contributed by atoms with van der Waals surface area (Å²) in [5, 5.41) is 0. The summed E-state index contributed by atoms with van der Waals surface area (Å²) in [6.07, 6.45) is 4.54. The van der Waals surface area contributed by atoms with E-state index in [2.05, 4.69) is 4.72 Å². The fourth-order valence-electron chi connectivity index (χ4n) is 2.77. The highest BCUT2D eigenvalue weighted by atomic mass is 32.2. The number of hydrogen-bond acceptors (Lipinski definition) is 4. The molecule has 1 unspecified atom stereocenters. The van der Waals surface area contributed by atoms with Crippen molar-refractivity contribution in [1.29, 1.82) is 0 Å². The van der Waals surface area contributed by atoms with Crippen molar-refractivity contribution < 1.29 is 13.2 Å². The number of ether oxygens (including phenoxy) is 1. The van der Waals surface area contributed by atoms with Crippen LogP contribution in [0.15, 0.2) is 23.1 Å². The lowest BCUT2D eigenvalue weighted by Crippen LogP contribution is -2.37. The normalized spacial score (nSPS) is 18.1. The highest BCUT2D eigenvalue weighted by Gasteiger charge is 2.27. The number of methoxy groups -OCH3 is 1. The van der Waals surface area contributed by atoms with E-state index in [1.54, 1.807) is 6.07 Å². The van der Waals surface area contributed by atoms with Crippen molar-refractivity contribution in [2.24, 2.45) is 5.92 Å². The zero-order valence-corrected chi connectivity index (χ0v) is 12.7. The fraction of sp³-hybridized carbons (Fsp3) is 0.571. The Morgan fingerprint density at radius 2 is 2.00 bits per heavy atom. The van der Waals surface area contributed by atoms with Crippen LogP contribution in [0.3, 0.4) is 0 Å². The number of nitrogens with one attached hydrogen (secondary N) is 1. The molecular weight excluding hydrogens is 276 g/mol. The van der Waals surface area contributed by atoms with Crippen LogP contribution in [-0.2, 0) is 10.0 Å². The van der Waals surface area contributed by atoms with E-state index in [4.69, 9.17) is 10.5 Å². The van der Waals surface area contributed by atoms with Gasteiger partial charge in [0.2, 0.25) is 10.0 Å². The quantitative estimate of drug-likeness (QED) is 0.816. The molecule has 5 nitrogen and oxygen atoms in total. The average Bonchev–Trinajstić information content (AvgIpc) is 2.91. The summed E-state index contributed by atoms with van der Waals surface area (Å²) in [7, 11) is -2.15. The molecule has 2 rings (SSSR count). The summed E-state index contributed by atoms with van der Waals surface area (Å²) in [6, 6.07) is 4.51. The summed E-state index contributed by atoms with van der Waals surface area (Å²) in [5.74, 6) is 0.695. The predicted octanol–water partition coefficient (Wildman–Crippen LogP) is 2.13. The van der Waals surface area contributed by atoms with Crippen LogP contribution in [-0.4, -0.2) is 21.6 Å². The Labute approximate surface area is 120 Å². The molecule has 0 saturated heterocycles. The molecule has 1 aliphatic carbocycles. The van der Waals surface area contributed by atoms with Crippen LogP contribution in [0.4, 0.5) is 5.69 Å². The van der Waals surface area contributed by atoms with E-state index in [1.165, 1.54) is 32.1 Å². The second kappa shape index (κ2) is 6.01. The fourth-order valence-corrected chi connectivity index (χ4v) is 4.23. The van der Waals surface area contributed by atoms with Gasteiger partial charge in [-0.1, -0.05) is 12.8 Å². The van der Waals surface area contributed by atoms with Gasteiger partial charge in [-0.3, -0.25) is 0 Å². The summed E-state index contributed by atoms with van der Waals surface area (Å²) in [6.45, 7) is 1.93. The van der Waals surface area contributed by atoms with E-state index in [-0.39, 0.29) is 16.7 Å². The largest absolute Gasteiger partial charge is 0.495 e. The Balaban J connectivity index is 2.21. The molecule has 3 N–H and O–H groups in total. The van der Waals surface area contributed by atoms with Crippen LogP contribution in [0.1, 0.15) is 32.6 Å². The topological polar surface area (TPSA) is 81.4 Å². The van der Waals surface area contributed by atoms with Gasteiger partial charge in [0.15, 0.2) is 0 Å². The van der Waals surface area contributed by atoms with Crippen LogP contribution >= 0.6 is 0 Å². The molecule has 1 aliphatic rings. The van der Waals surface area contributed by atoms with Crippen molar-refractivity contribution in [3.63, 3.8) is 0 Å². The number of nitrogens with two attached hydrogens (primary N) is 1. The Kier molecular flexibility index (Phi) is 4.55. The number of sulfonamides is 1. The van der Waals surface area contributed by atoms with Crippen LogP contribution in [0.5, 0.6) is 5.75 Å². The lowest BCUT2D eigenvalue weighted by Gasteiger charge is -2.21. The average molecular weight is 298 g/mol. The van der Waals surface area contributed by atoms with E-state index in [1.807, 2.05) is 6.92 Å². The second-order valence-electron chi connectivity index (χ2n) is 5.36. The van der Waals surface area contributed by atoms with E-state index in [0.29, 0.717) is 11.6 Å². The number of nitrogen functional groups attached to an aromatic ring is 1. The maximum Gasteiger partial charge on any atom is 0.244 e. The van der Waals surface area contributed by atoms with Gasteiger partial charge in [0.05, 0.1) is 7.11 Å². The van der Waals surface area contributed by atoms with Gasteiger partial charge in [0.1, 0.15) is 10.6 Å². The molecule has 1 aromatic rings. The molecule has 0 aliphatic heterocycles. The maximum absolute atomic E-state index is 12.5. The highest BCUT2D eigenvalue weighted by Crippen LogP contribution is 2.30. The first kappa shape index (κ1) is 15.1. The van der Waals surface area contributed by atoms with Gasteiger partial charge >= 0.3 is 0 Å². The van der Waals surface area contributed by atoms with Crippen LogP contribution < -0.4 is 15.2 Å². The lowest BCUT2D eigenvalue weighted by atomic mass is 10.0. The number of rotatable bonds is 5. The molecule has 20 heavy (non-hydrogen) atoms. The van der Waals surface area contributed by atoms with Crippen molar-refractivity contribution in [1.82, 2.24) is 4.72 Å². The van der Waals surface area contributed by atoms with Crippen LogP contribution in [0.2, 0.25) is 0 Å². The molecule has 0 aromatic heterocycles. The number of anilines is 1. The third kappa shape index (κ3) is 3.24. The van der Waals surface area contributed by atoms with Gasteiger partial charge in [0.25, 0.3) is 0 Å². The zero-order valence-electron chi connectivity index (χ0n) is 11.9. The first-order chi connectivity index (χ1) is 9.44. The maximum atomic E-state index is 12.5. The molecule has 6 heteroatoms. The first-order valence-corrected chi connectivity index (χ1v) is 8.38. The molecule has 0 bridgehead atoms. The summed E-state index contributed by atoms with van der Waals surface area (Å²) in [4.78, 5) is 0.138. The monoisotopic (exact) mass is 298 g/mol. The molecule has 0 spiro atoms. The van der Waals surface area contributed by atoms with Gasteiger partial charge in [-0.2, -0.15) is 0 Å². The summed E-state index contributed by atoms with van der Waals surface area (Å²) in [5.41, 5.74) is 6.13. The van der Waals surface area contributed by atoms with Crippen molar-refractivity contribution in [2.75, 3.05) is 12.8 Å². The molecule has 1 atom stereocenters. The van der Waals surface area contributed by atoms with Crippen molar-refractivity contribution in [3.05, 3.63) is 18.2 Å². The molecule has 0 amide bonds. The Morgan fingerprint density at radius 1 is 1.35 bits per heavy atom. The van der Waals surface area contributed by atoms with Crippen molar-refractivity contribution in [2.45, 2.75) is 43.5 Å². The minimum absolute atomic E-state index is 0.0650.